The summed E-state index contributed by atoms with van der Waals surface area (Å²) in [4.78, 5) is 24.1. The maximum absolute atomic E-state index is 11.9. The number of aliphatic hydroxyl groups is 1. The second-order valence-corrected chi connectivity index (χ2v) is 6.80. The number of hydrogen-bond acceptors (Lipinski definition) is 8. The van der Waals surface area contributed by atoms with Gasteiger partial charge in [0.2, 0.25) is 5.95 Å². The van der Waals surface area contributed by atoms with Gasteiger partial charge < -0.3 is 20.9 Å². The van der Waals surface area contributed by atoms with E-state index >= 15 is 0 Å². The number of carbonyl (C=O) groups excluding carboxylic acids is 1. The summed E-state index contributed by atoms with van der Waals surface area (Å²) >= 11 is 6.25. The molecular weight excluding hydrogens is 382 g/mol. The first-order valence-corrected chi connectivity index (χ1v) is 9.15. The van der Waals surface area contributed by atoms with Gasteiger partial charge in [-0.3, -0.25) is 0 Å². The van der Waals surface area contributed by atoms with Crippen molar-refractivity contribution in [3.8, 4) is 11.8 Å². The third-order valence-corrected chi connectivity index (χ3v) is 4.80. The van der Waals surface area contributed by atoms with Crippen LogP contribution in [0.15, 0.2) is 18.3 Å². The fraction of sp³-hybridized carbons (Fsp3) is 0.368. The average Bonchev–Trinajstić information content (AvgIpc) is 3.14. The van der Waals surface area contributed by atoms with E-state index in [0.717, 1.165) is 19.3 Å². The van der Waals surface area contributed by atoms with Crippen molar-refractivity contribution in [3.63, 3.8) is 0 Å². The summed E-state index contributed by atoms with van der Waals surface area (Å²) in [6, 6.07) is 3.46. The number of carbonyl (C=O) groups is 1. The highest BCUT2D eigenvalue weighted by atomic mass is 35.5. The molecule has 1 aliphatic carbocycles. The Morgan fingerprint density at radius 1 is 1.43 bits per heavy atom. The van der Waals surface area contributed by atoms with Crippen molar-refractivity contribution in [2.75, 3.05) is 24.8 Å². The minimum Gasteiger partial charge on any atom is -0.464 e. The summed E-state index contributed by atoms with van der Waals surface area (Å²) in [5.74, 6) is 5.96. The number of aliphatic hydroxyl groups excluding tert-OH is 1. The number of anilines is 2. The van der Waals surface area contributed by atoms with Crippen molar-refractivity contribution < 1.29 is 14.6 Å². The van der Waals surface area contributed by atoms with Crippen LogP contribution in [0.5, 0.6) is 0 Å². The van der Waals surface area contributed by atoms with Gasteiger partial charge in [0.1, 0.15) is 11.4 Å². The lowest BCUT2D eigenvalue weighted by Gasteiger charge is -2.15. The minimum atomic E-state index is -0.580. The summed E-state index contributed by atoms with van der Waals surface area (Å²) in [6.07, 6.45) is 4.14. The van der Waals surface area contributed by atoms with Crippen LogP contribution in [0, 0.1) is 17.8 Å². The maximum Gasteiger partial charge on any atom is 0.357 e. The number of rotatable bonds is 4. The Kier molecular flexibility index (Phi) is 6.29. The first-order chi connectivity index (χ1) is 13.5. The first-order valence-electron chi connectivity index (χ1n) is 8.77. The third kappa shape index (κ3) is 4.50. The number of pyridine rings is 1. The smallest absolute Gasteiger partial charge is 0.357 e. The van der Waals surface area contributed by atoms with E-state index < -0.39 is 5.97 Å². The Labute approximate surface area is 167 Å². The van der Waals surface area contributed by atoms with Crippen LogP contribution in [0.2, 0.25) is 5.15 Å². The van der Waals surface area contributed by atoms with Crippen LogP contribution in [0.4, 0.5) is 11.8 Å². The fourth-order valence-electron chi connectivity index (χ4n) is 3.13. The molecule has 1 fully saturated rings. The molecule has 146 valence electrons. The summed E-state index contributed by atoms with van der Waals surface area (Å²) in [6.45, 7) is 0.162. The lowest BCUT2D eigenvalue weighted by Crippen LogP contribution is -2.19. The topological polar surface area (TPSA) is 123 Å². The van der Waals surface area contributed by atoms with E-state index in [2.05, 4.69) is 32.1 Å². The molecule has 0 bridgehead atoms. The molecule has 0 aliphatic heterocycles. The van der Waals surface area contributed by atoms with Crippen molar-refractivity contribution in [3.05, 3.63) is 40.3 Å². The predicted molar refractivity (Wildman–Crippen MR) is 105 cm³/mol. The number of nitrogen functional groups attached to an aromatic ring is 1. The SMILES string of the molecule is COC(=O)c1ncccc1C#Cc1c(Cl)nc(N)nc1NC1CCC(CO)C1. The van der Waals surface area contributed by atoms with Crippen molar-refractivity contribution in [2.45, 2.75) is 25.3 Å². The van der Waals surface area contributed by atoms with E-state index in [0.29, 0.717) is 16.9 Å². The highest BCUT2D eigenvalue weighted by molar-refractivity contribution is 6.31. The van der Waals surface area contributed by atoms with Gasteiger partial charge in [-0.2, -0.15) is 9.97 Å². The molecule has 1 saturated carbocycles. The normalized spacial score (nSPS) is 18.2. The lowest BCUT2D eigenvalue weighted by atomic mass is 10.1. The number of ether oxygens (including phenoxy) is 1. The molecular formula is C19H20ClN5O3. The molecule has 0 aromatic carbocycles. The highest BCUT2D eigenvalue weighted by Gasteiger charge is 2.25. The summed E-state index contributed by atoms with van der Waals surface area (Å²) in [5.41, 5.74) is 6.63. The molecule has 3 rings (SSSR count). The van der Waals surface area contributed by atoms with Gasteiger partial charge in [-0.15, -0.1) is 0 Å². The van der Waals surface area contributed by atoms with Crippen LogP contribution in [0.25, 0.3) is 0 Å². The quantitative estimate of drug-likeness (QED) is 0.403. The van der Waals surface area contributed by atoms with Crippen LogP contribution in [-0.2, 0) is 4.74 Å². The second kappa shape index (κ2) is 8.87. The molecule has 4 N–H and O–H groups in total. The van der Waals surface area contributed by atoms with Crippen molar-refractivity contribution in [1.82, 2.24) is 15.0 Å². The predicted octanol–water partition coefficient (Wildman–Crippen LogP) is 1.87. The molecule has 2 heterocycles. The van der Waals surface area contributed by atoms with Crippen LogP contribution in [-0.4, -0.2) is 45.8 Å². The van der Waals surface area contributed by atoms with Gasteiger partial charge in [-0.05, 0) is 37.3 Å². The van der Waals surface area contributed by atoms with Gasteiger partial charge in [0, 0.05) is 18.8 Å². The summed E-state index contributed by atoms with van der Waals surface area (Å²) in [7, 11) is 1.28. The molecule has 2 unspecified atom stereocenters. The van der Waals surface area contributed by atoms with Gasteiger partial charge in [-0.1, -0.05) is 23.4 Å². The minimum absolute atomic E-state index is 0.0337. The summed E-state index contributed by atoms with van der Waals surface area (Å²) in [5, 5.41) is 12.8. The van der Waals surface area contributed by atoms with Crippen LogP contribution in [0.1, 0.15) is 40.9 Å². The van der Waals surface area contributed by atoms with E-state index in [-0.39, 0.29) is 35.4 Å². The van der Waals surface area contributed by atoms with Gasteiger partial charge in [0.25, 0.3) is 0 Å². The Morgan fingerprint density at radius 2 is 2.25 bits per heavy atom. The van der Waals surface area contributed by atoms with Gasteiger partial charge in [-0.25, -0.2) is 9.78 Å². The number of nitrogens with zero attached hydrogens (tertiary/aromatic N) is 3. The number of halogens is 1. The standard InChI is InChI=1S/C19H20ClN5O3/c1-28-18(27)15-12(3-2-8-22-15)5-7-14-16(20)24-19(21)25-17(14)23-13-6-4-11(9-13)10-26/h2-3,8,11,13,26H,4,6,9-10H2,1H3,(H3,21,23,24,25). The fourth-order valence-corrected chi connectivity index (χ4v) is 3.35. The zero-order valence-electron chi connectivity index (χ0n) is 15.3. The number of aromatic nitrogens is 3. The molecule has 0 radical (unpaired) electrons. The molecule has 2 aromatic rings. The monoisotopic (exact) mass is 401 g/mol. The summed E-state index contributed by atoms with van der Waals surface area (Å²) < 4.78 is 4.73. The van der Waals surface area contributed by atoms with Gasteiger partial charge >= 0.3 is 5.97 Å². The molecule has 2 atom stereocenters. The first kappa shape index (κ1) is 19.9. The Balaban J connectivity index is 1.94. The van der Waals surface area contributed by atoms with E-state index in [9.17, 15) is 9.90 Å². The van der Waals surface area contributed by atoms with Crippen molar-refractivity contribution in [2.24, 2.45) is 5.92 Å². The zero-order chi connectivity index (χ0) is 20.1. The van der Waals surface area contributed by atoms with Gasteiger partial charge in [0.05, 0.1) is 12.7 Å². The molecule has 0 spiro atoms. The Morgan fingerprint density at radius 3 is 2.96 bits per heavy atom. The number of esters is 1. The molecule has 0 amide bonds. The Hall–Kier alpha value is -2.89. The van der Waals surface area contributed by atoms with E-state index in [4.69, 9.17) is 22.1 Å². The number of methoxy groups -OCH3 is 1. The molecule has 0 saturated heterocycles. The van der Waals surface area contributed by atoms with E-state index in [1.54, 1.807) is 12.1 Å². The van der Waals surface area contributed by atoms with Crippen LogP contribution in [0.3, 0.4) is 0 Å². The number of nitrogens with two attached hydrogens (primary N) is 1. The molecule has 8 nitrogen and oxygen atoms in total. The zero-order valence-corrected chi connectivity index (χ0v) is 16.0. The van der Waals surface area contributed by atoms with Crippen LogP contribution < -0.4 is 11.1 Å². The number of nitrogens with one attached hydrogen (secondary N) is 1. The molecule has 2 aromatic heterocycles. The van der Waals surface area contributed by atoms with Crippen molar-refractivity contribution in [1.29, 1.82) is 0 Å². The second-order valence-electron chi connectivity index (χ2n) is 6.44. The third-order valence-electron chi connectivity index (χ3n) is 4.53. The van der Waals surface area contributed by atoms with Crippen molar-refractivity contribution >= 4 is 29.3 Å². The van der Waals surface area contributed by atoms with E-state index in [1.165, 1.54) is 13.3 Å². The molecule has 9 heteroatoms. The largest absolute Gasteiger partial charge is 0.464 e. The van der Waals surface area contributed by atoms with Gasteiger partial charge in [0.15, 0.2) is 10.8 Å². The highest BCUT2D eigenvalue weighted by Crippen LogP contribution is 2.29. The van der Waals surface area contributed by atoms with Crippen LogP contribution >= 0.6 is 11.6 Å². The number of hydrogen-bond donors (Lipinski definition) is 3. The van der Waals surface area contributed by atoms with E-state index in [1.807, 2.05) is 0 Å². The lowest BCUT2D eigenvalue weighted by molar-refractivity contribution is 0.0593. The molecule has 1 aliphatic rings. The average molecular weight is 402 g/mol. The molecule has 28 heavy (non-hydrogen) atoms. The maximum atomic E-state index is 11.9. The Bertz CT molecular complexity index is 941.